The Kier molecular flexibility index (Phi) is 2.95. The molecule has 5 nitrogen and oxygen atoms in total. The van der Waals surface area contributed by atoms with Gasteiger partial charge < -0.3 is 20.4 Å². The third kappa shape index (κ3) is 2.45. The number of anilines is 1. The van der Waals surface area contributed by atoms with Gasteiger partial charge in [0.1, 0.15) is 24.3 Å². The van der Waals surface area contributed by atoms with Crippen LogP contribution in [0.15, 0.2) is 29.0 Å². The largest absolute Gasteiger partial charge is 0.487 e. The summed E-state index contributed by atoms with van der Waals surface area (Å²) in [7, 11) is 0. The van der Waals surface area contributed by atoms with Crippen LogP contribution in [0.1, 0.15) is 35.6 Å². The monoisotopic (exact) mass is 257 g/mol. The van der Waals surface area contributed by atoms with E-state index in [1.54, 1.807) is 12.1 Å². The summed E-state index contributed by atoms with van der Waals surface area (Å²) in [6.07, 6.45) is 5.14. The zero-order valence-electron chi connectivity index (χ0n) is 10.4. The van der Waals surface area contributed by atoms with Crippen LogP contribution in [0.4, 0.5) is 5.69 Å². The molecule has 0 aliphatic heterocycles. The third-order valence-electron chi connectivity index (χ3n) is 3.25. The highest BCUT2D eigenvalue weighted by Gasteiger charge is 2.27. The molecular weight excluding hydrogens is 242 g/mol. The Morgan fingerprint density at radius 3 is 2.95 bits per heavy atom. The van der Waals surface area contributed by atoms with E-state index >= 15 is 0 Å². The first-order valence-electron chi connectivity index (χ1n) is 6.24. The van der Waals surface area contributed by atoms with Crippen LogP contribution in [0.25, 0.3) is 0 Å². The molecule has 1 aromatic carbocycles. The Labute approximate surface area is 110 Å². The van der Waals surface area contributed by atoms with Gasteiger partial charge in [0.15, 0.2) is 0 Å². The number of rotatable bonds is 5. The number of hydrogen-bond acceptors (Lipinski definition) is 5. The molecule has 0 bridgehead atoms. The molecule has 1 aliphatic carbocycles. The summed E-state index contributed by atoms with van der Waals surface area (Å²) in [6, 6.07) is 5.53. The van der Waals surface area contributed by atoms with Gasteiger partial charge in [-0.15, -0.1) is 0 Å². The standard InChI is InChI=1S/C14H15N3O2/c15-7-10-5-12(9-1-2-9)14(6-13(10)16)18-8-11-3-4-19-17-11/h3-7,9,15H,1-2,8,16H2. The molecule has 0 atom stereocenters. The molecule has 3 rings (SSSR count). The Hall–Kier alpha value is -2.30. The number of nitrogens with two attached hydrogens (primary N) is 1. The first-order chi connectivity index (χ1) is 9.28. The Bertz CT molecular complexity index is 589. The number of nitrogen functional groups attached to an aromatic ring is 1. The lowest BCUT2D eigenvalue weighted by molar-refractivity contribution is 0.286. The van der Waals surface area contributed by atoms with Gasteiger partial charge in [0.2, 0.25) is 0 Å². The van der Waals surface area contributed by atoms with Gasteiger partial charge in [-0.25, -0.2) is 0 Å². The van der Waals surface area contributed by atoms with Crippen molar-refractivity contribution in [3.8, 4) is 5.75 Å². The molecule has 5 heteroatoms. The van der Waals surface area contributed by atoms with Crippen molar-refractivity contribution in [2.45, 2.75) is 25.4 Å². The van der Waals surface area contributed by atoms with E-state index in [4.69, 9.17) is 20.4 Å². The number of benzene rings is 1. The molecule has 0 saturated heterocycles. The fourth-order valence-corrected chi connectivity index (χ4v) is 2.06. The number of ether oxygens (including phenoxy) is 1. The highest BCUT2D eigenvalue weighted by molar-refractivity contribution is 5.86. The molecule has 2 aromatic rings. The van der Waals surface area contributed by atoms with E-state index < -0.39 is 0 Å². The van der Waals surface area contributed by atoms with Crippen molar-refractivity contribution < 1.29 is 9.26 Å². The Morgan fingerprint density at radius 2 is 2.32 bits per heavy atom. The number of nitrogens with zero attached hydrogens (tertiary/aromatic N) is 1. The van der Waals surface area contributed by atoms with E-state index in [0.717, 1.165) is 22.6 Å². The highest BCUT2D eigenvalue weighted by Crippen LogP contribution is 2.45. The highest BCUT2D eigenvalue weighted by atomic mass is 16.5. The molecule has 1 aromatic heterocycles. The molecule has 1 saturated carbocycles. The zero-order valence-corrected chi connectivity index (χ0v) is 10.4. The van der Waals surface area contributed by atoms with Crippen LogP contribution in [0.5, 0.6) is 5.75 Å². The first-order valence-corrected chi connectivity index (χ1v) is 6.24. The average Bonchev–Trinajstić information content (AvgIpc) is 3.13. The van der Waals surface area contributed by atoms with Crippen LogP contribution in [-0.4, -0.2) is 11.4 Å². The molecular formula is C14H15N3O2. The second kappa shape index (κ2) is 4.76. The molecule has 0 amide bonds. The van der Waals surface area contributed by atoms with E-state index in [1.165, 1.54) is 25.3 Å². The van der Waals surface area contributed by atoms with Crippen molar-refractivity contribution >= 4 is 11.9 Å². The van der Waals surface area contributed by atoms with Crippen LogP contribution < -0.4 is 10.5 Å². The van der Waals surface area contributed by atoms with Gasteiger partial charge >= 0.3 is 0 Å². The van der Waals surface area contributed by atoms with Crippen LogP contribution in [0, 0.1) is 5.41 Å². The fourth-order valence-electron chi connectivity index (χ4n) is 2.06. The van der Waals surface area contributed by atoms with Crippen LogP contribution in [0.3, 0.4) is 0 Å². The Balaban J connectivity index is 1.86. The summed E-state index contributed by atoms with van der Waals surface area (Å²) >= 11 is 0. The SMILES string of the molecule is N=Cc1cc(C2CC2)c(OCc2ccon2)cc1N. The number of aromatic nitrogens is 1. The van der Waals surface area contributed by atoms with E-state index in [1.807, 2.05) is 6.07 Å². The molecule has 3 N–H and O–H groups in total. The zero-order chi connectivity index (χ0) is 13.2. The van der Waals surface area contributed by atoms with Gasteiger partial charge in [-0.1, -0.05) is 5.16 Å². The number of nitrogens with one attached hydrogen (secondary N) is 1. The van der Waals surface area contributed by atoms with Gasteiger partial charge in [0, 0.05) is 29.6 Å². The summed E-state index contributed by atoms with van der Waals surface area (Å²) in [5, 5.41) is 11.2. The molecule has 1 fully saturated rings. The lowest BCUT2D eigenvalue weighted by Crippen LogP contribution is -2.02. The van der Waals surface area contributed by atoms with Crippen molar-refractivity contribution in [3.63, 3.8) is 0 Å². The first kappa shape index (κ1) is 11.8. The maximum atomic E-state index is 7.36. The maximum Gasteiger partial charge on any atom is 0.134 e. The molecule has 98 valence electrons. The number of hydrogen-bond donors (Lipinski definition) is 2. The van der Waals surface area contributed by atoms with Crippen LogP contribution >= 0.6 is 0 Å². The average molecular weight is 257 g/mol. The Morgan fingerprint density at radius 1 is 1.47 bits per heavy atom. The topological polar surface area (TPSA) is 85.1 Å². The lowest BCUT2D eigenvalue weighted by Gasteiger charge is -2.12. The molecule has 0 unspecified atom stereocenters. The predicted molar refractivity (Wildman–Crippen MR) is 71.6 cm³/mol. The minimum atomic E-state index is 0.361. The van der Waals surface area contributed by atoms with Crippen molar-refractivity contribution in [3.05, 3.63) is 41.3 Å². The van der Waals surface area contributed by atoms with Crippen LogP contribution in [-0.2, 0) is 6.61 Å². The minimum Gasteiger partial charge on any atom is -0.487 e. The minimum absolute atomic E-state index is 0.361. The summed E-state index contributed by atoms with van der Waals surface area (Å²) < 4.78 is 10.6. The van der Waals surface area contributed by atoms with Crippen molar-refractivity contribution in [2.24, 2.45) is 0 Å². The smallest absolute Gasteiger partial charge is 0.134 e. The van der Waals surface area contributed by atoms with Gasteiger partial charge in [0.05, 0.1) is 0 Å². The van der Waals surface area contributed by atoms with E-state index in [9.17, 15) is 0 Å². The normalized spacial score (nSPS) is 14.3. The summed E-state index contributed by atoms with van der Waals surface area (Å²) in [5.74, 6) is 1.32. The second-order valence-corrected chi connectivity index (χ2v) is 4.72. The van der Waals surface area contributed by atoms with Gasteiger partial charge in [0.25, 0.3) is 0 Å². The predicted octanol–water partition coefficient (Wildman–Crippen LogP) is 2.71. The van der Waals surface area contributed by atoms with Crippen molar-refractivity contribution in [1.82, 2.24) is 5.16 Å². The van der Waals surface area contributed by atoms with Crippen molar-refractivity contribution in [2.75, 3.05) is 5.73 Å². The molecule has 1 heterocycles. The second-order valence-electron chi connectivity index (χ2n) is 4.72. The summed E-state index contributed by atoms with van der Waals surface area (Å²) in [5.41, 5.74) is 9.10. The maximum absolute atomic E-state index is 7.36. The van der Waals surface area contributed by atoms with Gasteiger partial charge in [-0.2, -0.15) is 0 Å². The summed E-state index contributed by atoms with van der Waals surface area (Å²) in [6.45, 7) is 0.361. The van der Waals surface area contributed by atoms with E-state index in [-0.39, 0.29) is 0 Å². The quantitative estimate of drug-likeness (QED) is 0.637. The fraction of sp³-hybridized carbons (Fsp3) is 0.286. The van der Waals surface area contributed by atoms with E-state index in [2.05, 4.69) is 5.16 Å². The summed E-state index contributed by atoms with van der Waals surface area (Å²) in [4.78, 5) is 0. The third-order valence-corrected chi connectivity index (χ3v) is 3.25. The van der Waals surface area contributed by atoms with Crippen molar-refractivity contribution in [1.29, 1.82) is 5.41 Å². The molecule has 19 heavy (non-hydrogen) atoms. The molecule has 0 spiro atoms. The van der Waals surface area contributed by atoms with Gasteiger partial charge in [-0.05, 0) is 30.4 Å². The van der Waals surface area contributed by atoms with Crippen LogP contribution in [0.2, 0.25) is 0 Å². The molecule has 0 radical (unpaired) electrons. The van der Waals surface area contributed by atoms with E-state index in [0.29, 0.717) is 18.2 Å². The lowest BCUT2D eigenvalue weighted by atomic mass is 10.0. The molecule has 1 aliphatic rings. The van der Waals surface area contributed by atoms with Gasteiger partial charge in [-0.3, -0.25) is 0 Å².